The quantitative estimate of drug-likeness (QED) is 0.586. The molecule has 0 spiro atoms. The number of benzene rings is 2. The van der Waals surface area contributed by atoms with Crippen LogP contribution in [-0.2, 0) is 20.9 Å². The molecule has 0 bridgehead atoms. The van der Waals surface area contributed by atoms with Crippen molar-refractivity contribution in [3.63, 3.8) is 0 Å². The highest BCUT2D eigenvalue weighted by Gasteiger charge is 2.16. The Balaban J connectivity index is 1.80. The van der Waals surface area contributed by atoms with E-state index in [1.54, 1.807) is 18.2 Å². The Morgan fingerprint density at radius 3 is 2.44 bits per heavy atom. The van der Waals surface area contributed by atoms with Gasteiger partial charge in [0.15, 0.2) is 6.10 Å². The van der Waals surface area contributed by atoms with Crippen LogP contribution in [0.5, 0.6) is 0 Å². The fourth-order valence-electron chi connectivity index (χ4n) is 1.94. The number of hydrogen-bond donors (Lipinski definition) is 1. The molecule has 25 heavy (non-hydrogen) atoms. The molecule has 4 nitrogen and oxygen atoms in total. The van der Waals surface area contributed by atoms with Crippen molar-refractivity contribution in [1.29, 1.82) is 0 Å². The molecule has 0 aliphatic heterocycles. The third-order valence-corrected chi connectivity index (χ3v) is 3.85. The lowest BCUT2D eigenvalue weighted by Crippen LogP contribution is -2.35. The van der Waals surface area contributed by atoms with Gasteiger partial charge in [-0.3, -0.25) is 4.79 Å². The maximum atomic E-state index is 12.8. The normalized spacial score (nSPS) is 12.0. The Kier molecular flexibility index (Phi) is 6.89. The number of halogens is 2. The number of ether oxygens (including phenoxy) is 1. The van der Waals surface area contributed by atoms with Crippen LogP contribution >= 0.6 is 15.9 Å². The number of carbonyl (C=O) groups is 2. The van der Waals surface area contributed by atoms with E-state index in [1.807, 2.05) is 24.3 Å². The molecule has 2 aromatic carbocycles. The summed E-state index contributed by atoms with van der Waals surface area (Å²) in [4.78, 5) is 23.7. The summed E-state index contributed by atoms with van der Waals surface area (Å²) in [6, 6.07) is 13.2. The molecule has 6 heteroatoms. The maximum Gasteiger partial charge on any atom is 0.331 e. The first kappa shape index (κ1) is 18.9. The predicted octanol–water partition coefficient (Wildman–Crippen LogP) is 3.85. The van der Waals surface area contributed by atoms with Crippen LogP contribution in [0.4, 0.5) is 4.39 Å². The van der Waals surface area contributed by atoms with Crippen LogP contribution in [0.15, 0.2) is 59.1 Å². The van der Waals surface area contributed by atoms with Gasteiger partial charge < -0.3 is 10.1 Å². The van der Waals surface area contributed by atoms with Crippen molar-refractivity contribution in [2.75, 3.05) is 0 Å². The molecule has 130 valence electrons. The molecule has 2 aromatic rings. The highest BCUT2D eigenvalue weighted by atomic mass is 79.9. The van der Waals surface area contributed by atoms with Crippen molar-refractivity contribution in [3.05, 3.63) is 76.0 Å². The zero-order valence-electron chi connectivity index (χ0n) is 13.5. The molecule has 0 aliphatic rings. The minimum atomic E-state index is -0.928. The van der Waals surface area contributed by atoms with Gasteiger partial charge in [-0.25, -0.2) is 9.18 Å². The zero-order valence-corrected chi connectivity index (χ0v) is 15.1. The van der Waals surface area contributed by atoms with Crippen molar-refractivity contribution in [1.82, 2.24) is 5.32 Å². The lowest BCUT2D eigenvalue weighted by atomic mass is 10.2. The molecule has 0 aliphatic carbocycles. The molecule has 0 heterocycles. The van der Waals surface area contributed by atoms with Crippen molar-refractivity contribution in [2.45, 2.75) is 19.6 Å². The standard InChI is InChI=1S/C19H17BrFNO3/c1-13(19(24)22-12-15-4-9-17(21)10-5-15)25-18(23)11-6-14-2-7-16(20)8-3-14/h2-11,13H,12H2,1H3,(H,22,24)/b11-6+/t13-/m0/s1. The van der Waals surface area contributed by atoms with Crippen molar-refractivity contribution >= 4 is 33.9 Å². The second-order valence-electron chi connectivity index (χ2n) is 5.31. The number of amides is 1. The molecule has 1 N–H and O–H groups in total. The lowest BCUT2D eigenvalue weighted by Gasteiger charge is -2.12. The molecule has 1 amide bonds. The predicted molar refractivity (Wildman–Crippen MR) is 97.0 cm³/mol. The van der Waals surface area contributed by atoms with Crippen molar-refractivity contribution < 1.29 is 18.7 Å². The van der Waals surface area contributed by atoms with E-state index in [2.05, 4.69) is 21.2 Å². The van der Waals surface area contributed by atoms with Gasteiger partial charge in [-0.15, -0.1) is 0 Å². The van der Waals surface area contributed by atoms with Gasteiger partial charge in [0.05, 0.1) is 0 Å². The average Bonchev–Trinajstić information content (AvgIpc) is 2.60. The Labute approximate surface area is 153 Å². The lowest BCUT2D eigenvalue weighted by molar-refractivity contribution is -0.150. The third-order valence-electron chi connectivity index (χ3n) is 3.32. The number of rotatable bonds is 6. The zero-order chi connectivity index (χ0) is 18.2. The highest BCUT2D eigenvalue weighted by molar-refractivity contribution is 9.10. The summed E-state index contributed by atoms with van der Waals surface area (Å²) in [5, 5.41) is 2.64. The summed E-state index contributed by atoms with van der Waals surface area (Å²) in [5.74, 6) is -1.36. The second-order valence-corrected chi connectivity index (χ2v) is 6.22. The number of carbonyl (C=O) groups excluding carboxylic acids is 2. The molecule has 0 fully saturated rings. The van der Waals surface area contributed by atoms with Crippen molar-refractivity contribution in [2.24, 2.45) is 0 Å². The molecule has 2 rings (SSSR count). The summed E-state index contributed by atoms with van der Waals surface area (Å²) in [5.41, 5.74) is 1.59. The van der Waals surface area contributed by atoms with Crippen LogP contribution in [-0.4, -0.2) is 18.0 Å². The Hall–Kier alpha value is -2.47. The number of esters is 1. The Morgan fingerprint density at radius 1 is 1.16 bits per heavy atom. The van der Waals surface area contributed by atoms with E-state index in [9.17, 15) is 14.0 Å². The van der Waals surface area contributed by atoms with Gasteiger partial charge in [-0.05, 0) is 48.4 Å². The van der Waals surface area contributed by atoms with Gasteiger partial charge in [0.1, 0.15) is 5.82 Å². The molecule has 1 atom stereocenters. The Bertz CT molecular complexity index is 757. The summed E-state index contributed by atoms with van der Waals surface area (Å²) >= 11 is 3.33. The minimum Gasteiger partial charge on any atom is -0.449 e. The molecule has 0 radical (unpaired) electrons. The monoisotopic (exact) mass is 405 g/mol. The first-order valence-corrected chi connectivity index (χ1v) is 8.40. The first-order valence-electron chi connectivity index (χ1n) is 7.60. The van der Waals surface area contributed by atoms with E-state index in [1.165, 1.54) is 25.1 Å². The minimum absolute atomic E-state index is 0.232. The number of hydrogen-bond acceptors (Lipinski definition) is 3. The first-order chi connectivity index (χ1) is 11.9. The van der Waals surface area contributed by atoms with E-state index in [0.29, 0.717) is 0 Å². The summed E-state index contributed by atoms with van der Waals surface area (Å²) in [6.45, 7) is 1.72. The van der Waals surface area contributed by atoms with Gasteiger partial charge >= 0.3 is 5.97 Å². The summed E-state index contributed by atoms with van der Waals surface area (Å²) in [6.07, 6.45) is 1.95. The maximum absolute atomic E-state index is 12.8. The summed E-state index contributed by atoms with van der Waals surface area (Å²) in [7, 11) is 0. The van der Waals surface area contributed by atoms with Gasteiger partial charge in [-0.2, -0.15) is 0 Å². The molecule has 0 saturated carbocycles. The van der Waals surface area contributed by atoms with Gasteiger partial charge in [0, 0.05) is 17.1 Å². The summed E-state index contributed by atoms with van der Waals surface area (Å²) < 4.78 is 18.8. The molecule has 0 aromatic heterocycles. The largest absolute Gasteiger partial charge is 0.449 e. The van der Waals surface area contributed by atoms with Crippen LogP contribution < -0.4 is 5.32 Å². The van der Waals surface area contributed by atoms with Crippen LogP contribution in [0.3, 0.4) is 0 Å². The topological polar surface area (TPSA) is 55.4 Å². The van der Waals surface area contributed by atoms with E-state index < -0.39 is 18.0 Å². The van der Waals surface area contributed by atoms with Gasteiger partial charge in [0.25, 0.3) is 5.91 Å². The van der Waals surface area contributed by atoms with Crippen molar-refractivity contribution in [3.8, 4) is 0 Å². The van der Waals surface area contributed by atoms with Gasteiger partial charge in [-0.1, -0.05) is 40.2 Å². The van der Waals surface area contributed by atoms with Crippen LogP contribution in [0.2, 0.25) is 0 Å². The van der Waals surface area contributed by atoms with E-state index in [-0.39, 0.29) is 12.4 Å². The molecular weight excluding hydrogens is 389 g/mol. The molecular formula is C19H17BrFNO3. The van der Waals surface area contributed by atoms with Gasteiger partial charge in [0.2, 0.25) is 0 Å². The highest BCUT2D eigenvalue weighted by Crippen LogP contribution is 2.11. The average molecular weight is 406 g/mol. The third kappa shape index (κ3) is 6.51. The SMILES string of the molecule is C[C@H](OC(=O)/C=C/c1ccc(Br)cc1)C(=O)NCc1ccc(F)cc1. The van der Waals surface area contributed by atoms with Crippen LogP contribution in [0.25, 0.3) is 6.08 Å². The van der Waals surface area contributed by atoms with Crippen LogP contribution in [0, 0.1) is 5.82 Å². The second kappa shape index (κ2) is 9.13. The Morgan fingerprint density at radius 2 is 1.80 bits per heavy atom. The van der Waals surface area contributed by atoms with E-state index in [4.69, 9.17) is 4.74 Å². The number of nitrogens with one attached hydrogen (secondary N) is 1. The van der Waals surface area contributed by atoms with E-state index >= 15 is 0 Å². The molecule has 0 unspecified atom stereocenters. The fraction of sp³-hybridized carbons (Fsp3) is 0.158. The fourth-order valence-corrected chi connectivity index (χ4v) is 2.20. The van der Waals surface area contributed by atoms with Crippen LogP contribution in [0.1, 0.15) is 18.1 Å². The molecule has 0 saturated heterocycles. The van der Waals surface area contributed by atoms with E-state index in [0.717, 1.165) is 15.6 Å². The smallest absolute Gasteiger partial charge is 0.331 e.